The fraction of sp³-hybridized carbons (Fsp3) is 0.190. The zero-order valence-electron chi connectivity index (χ0n) is 16.3. The summed E-state index contributed by atoms with van der Waals surface area (Å²) in [6.07, 6.45) is -2.83. The Balaban J connectivity index is 0.000000913. The number of hydrogen-bond donors (Lipinski definition) is 2. The maximum Gasteiger partial charge on any atom is 0.573 e. The van der Waals surface area contributed by atoms with E-state index in [2.05, 4.69) is 15.0 Å². The molecule has 3 aromatic rings. The summed E-state index contributed by atoms with van der Waals surface area (Å²) in [6, 6.07) is 10.6. The molecule has 1 atom stereocenters. The Hall–Kier alpha value is -3.60. The van der Waals surface area contributed by atoms with E-state index in [9.17, 15) is 18.0 Å². The van der Waals surface area contributed by atoms with Gasteiger partial charge < -0.3 is 19.9 Å². The standard InChI is InChI=1S/C20H15F3N2O3S.CH2O2/c21-20(22,23)28-15-5-3-14(4-6-15)19(25-18(26)13-7-11-29-12-13)8-10-27-16-2-1-9-24-17(16)19;2-1-3/h1-7,9,11-12H,8,10H2,(H,25,26);1H,(H,2,3)/t19-;/m0./s1. The molecule has 2 N–H and O–H groups in total. The lowest BCUT2D eigenvalue weighted by atomic mass is 9.81. The van der Waals surface area contributed by atoms with Gasteiger partial charge in [-0.05, 0) is 41.3 Å². The maximum absolute atomic E-state index is 12.9. The van der Waals surface area contributed by atoms with Gasteiger partial charge in [-0.3, -0.25) is 14.6 Å². The van der Waals surface area contributed by atoms with Crippen LogP contribution in [-0.4, -0.2) is 35.4 Å². The highest BCUT2D eigenvalue weighted by Gasteiger charge is 2.42. The van der Waals surface area contributed by atoms with Gasteiger partial charge in [0.2, 0.25) is 0 Å². The van der Waals surface area contributed by atoms with Crippen LogP contribution >= 0.6 is 11.3 Å². The van der Waals surface area contributed by atoms with E-state index in [4.69, 9.17) is 14.6 Å². The van der Waals surface area contributed by atoms with Crippen LogP contribution in [0.1, 0.15) is 28.0 Å². The lowest BCUT2D eigenvalue weighted by Gasteiger charge is -2.39. The zero-order valence-corrected chi connectivity index (χ0v) is 17.2. The average Bonchev–Trinajstić information content (AvgIpc) is 3.29. The van der Waals surface area contributed by atoms with Gasteiger partial charge in [-0.15, -0.1) is 13.2 Å². The molecule has 4 rings (SSSR count). The van der Waals surface area contributed by atoms with Crippen LogP contribution in [0.15, 0.2) is 59.4 Å². The van der Waals surface area contributed by atoms with Crippen LogP contribution in [0, 0.1) is 0 Å². The first-order valence-electron chi connectivity index (χ1n) is 9.16. The predicted molar refractivity (Wildman–Crippen MR) is 109 cm³/mol. The van der Waals surface area contributed by atoms with Gasteiger partial charge in [0.15, 0.2) is 0 Å². The third-order valence-electron chi connectivity index (χ3n) is 4.60. The number of nitrogens with zero attached hydrogens (tertiary/aromatic N) is 1. The molecule has 11 heteroatoms. The van der Waals surface area contributed by atoms with E-state index in [0.717, 1.165) is 0 Å². The molecule has 0 fully saturated rings. The first kappa shape index (κ1) is 23.1. The highest BCUT2D eigenvalue weighted by atomic mass is 32.1. The molecular formula is C21H17F3N2O5S. The summed E-state index contributed by atoms with van der Waals surface area (Å²) >= 11 is 1.39. The van der Waals surface area contributed by atoms with Crippen molar-refractivity contribution < 1.29 is 37.3 Å². The van der Waals surface area contributed by atoms with Crippen molar-refractivity contribution in [3.05, 3.63) is 76.2 Å². The van der Waals surface area contributed by atoms with Crippen molar-refractivity contribution in [1.29, 1.82) is 0 Å². The number of thiophene rings is 1. The van der Waals surface area contributed by atoms with Gasteiger partial charge in [0.1, 0.15) is 22.7 Å². The van der Waals surface area contributed by atoms with Crippen molar-refractivity contribution in [1.82, 2.24) is 10.3 Å². The minimum Gasteiger partial charge on any atom is -0.491 e. The second kappa shape index (κ2) is 9.69. The largest absolute Gasteiger partial charge is 0.573 e. The summed E-state index contributed by atoms with van der Waals surface area (Å²) in [7, 11) is 0. The molecule has 1 amide bonds. The number of benzene rings is 1. The summed E-state index contributed by atoms with van der Waals surface area (Å²) < 4.78 is 47.1. The topological polar surface area (TPSA) is 97.8 Å². The lowest BCUT2D eigenvalue weighted by molar-refractivity contribution is -0.274. The number of aromatic nitrogens is 1. The molecular weight excluding hydrogens is 449 g/mol. The van der Waals surface area contributed by atoms with Gasteiger partial charge in [0, 0.05) is 18.0 Å². The molecule has 1 aliphatic heterocycles. The van der Waals surface area contributed by atoms with E-state index in [-0.39, 0.29) is 18.1 Å². The minimum absolute atomic E-state index is 0.250. The Labute approximate surface area is 184 Å². The molecule has 0 bridgehead atoms. The van der Waals surface area contributed by atoms with Crippen LogP contribution in [0.2, 0.25) is 0 Å². The Kier molecular flexibility index (Phi) is 6.98. The van der Waals surface area contributed by atoms with E-state index in [1.54, 1.807) is 35.2 Å². The van der Waals surface area contributed by atoms with Crippen molar-refractivity contribution in [3.63, 3.8) is 0 Å². The van der Waals surface area contributed by atoms with Crippen LogP contribution < -0.4 is 14.8 Å². The number of carboxylic acid groups (broad SMARTS) is 1. The Morgan fingerprint density at radius 3 is 2.59 bits per heavy atom. The fourth-order valence-corrected chi connectivity index (χ4v) is 3.97. The SMILES string of the molecule is O=C(N[C@]1(c2ccc(OC(F)(F)F)cc2)CCOc2cccnc21)c1ccsc1.O=CO. The molecule has 7 nitrogen and oxygen atoms in total. The first-order valence-corrected chi connectivity index (χ1v) is 10.1. The monoisotopic (exact) mass is 466 g/mol. The maximum atomic E-state index is 12.9. The average molecular weight is 466 g/mol. The van der Waals surface area contributed by atoms with E-state index in [1.807, 2.05) is 0 Å². The smallest absolute Gasteiger partial charge is 0.491 e. The Bertz CT molecular complexity index is 1060. The van der Waals surface area contributed by atoms with Crippen molar-refractivity contribution in [3.8, 4) is 11.5 Å². The zero-order chi connectivity index (χ0) is 23.2. The number of alkyl halides is 3. The van der Waals surface area contributed by atoms with Crippen LogP contribution in [0.5, 0.6) is 11.5 Å². The molecule has 0 saturated heterocycles. The van der Waals surface area contributed by atoms with E-state index < -0.39 is 11.9 Å². The molecule has 0 saturated carbocycles. The molecule has 32 heavy (non-hydrogen) atoms. The van der Waals surface area contributed by atoms with E-state index in [1.165, 1.54) is 35.6 Å². The van der Waals surface area contributed by atoms with Gasteiger partial charge in [-0.25, -0.2) is 0 Å². The molecule has 3 heterocycles. The van der Waals surface area contributed by atoms with Crippen molar-refractivity contribution in [2.45, 2.75) is 18.3 Å². The van der Waals surface area contributed by atoms with Crippen LogP contribution in [-0.2, 0) is 10.3 Å². The molecule has 1 aromatic carbocycles. The van der Waals surface area contributed by atoms with Crippen molar-refractivity contribution in [2.75, 3.05) is 6.61 Å². The number of pyridine rings is 1. The van der Waals surface area contributed by atoms with Gasteiger partial charge in [0.25, 0.3) is 12.4 Å². The number of carbonyl (C=O) groups is 2. The summed E-state index contributed by atoms with van der Waals surface area (Å²) in [5.74, 6) is -0.130. The third-order valence-corrected chi connectivity index (χ3v) is 5.28. The van der Waals surface area contributed by atoms with Crippen LogP contribution in [0.4, 0.5) is 13.2 Å². The summed E-state index contributed by atoms with van der Waals surface area (Å²) in [5, 5.41) is 13.4. The van der Waals surface area contributed by atoms with Crippen LogP contribution in [0.25, 0.3) is 0 Å². The number of nitrogens with one attached hydrogen (secondary N) is 1. The predicted octanol–water partition coefficient (Wildman–Crippen LogP) is 4.20. The molecule has 2 aromatic heterocycles. The number of fused-ring (bicyclic) bond motifs is 1. The lowest BCUT2D eigenvalue weighted by Crippen LogP contribution is -2.50. The quantitative estimate of drug-likeness (QED) is 0.560. The normalized spacial score (nSPS) is 17.1. The van der Waals surface area contributed by atoms with Gasteiger partial charge in [0.05, 0.1) is 12.2 Å². The number of ether oxygens (including phenoxy) is 2. The Morgan fingerprint density at radius 2 is 1.97 bits per heavy atom. The second-order valence-electron chi connectivity index (χ2n) is 6.50. The highest BCUT2D eigenvalue weighted by molar-refractivity contribution is 7.08. The highest BCUT2D eigenvalue weighted by Crippen LogP contribution is 2.41. The second-order valence-corrected chi connectivity index (χ2v) is 7.28. The number of amides is 1. The van der Waals surface area contributed by atoms with Gasteiger partial charge in [-0.1, -0.05) is 12.1 Å². The van der Waals surface area contributed by atoms with E-state index >= 15 is 0 Å². The van der Waals surface area contributed by atoms with Gasteiger partial charge in [-0.2, -0.15) is 11.3 Å². The summed E-state index contributed by atoms with van der Waals surface area (Å²) in [5.41, 5.74) is 0.526. The molecule has 0 unspecified atom stereocenters. The third kappa shape index (κ3) is 5.17. The number of halogens is 3. The number of hydrogen-bond acceptors (Lipinski definition) is 6. The fourth-order valence-electron chi connectivity index (χ4n) is 3.34. The summed E-state index contributed by atoms with van der Waals surface area (Å²) in [4.78, 5) is 25.6. The van der Waals surface area contributed by atoms with Crippen molar-refractivity contribution in [2.24, 2.45) is 0 Å². The number of carbonyl (C=O) groups excluding carboxylic acids is 1. The van der Waals surface area contributed by atoms with Crippen LogP contribution in [0.3, 0.4) is 0 Å². The summed E-state index contributed by atoms with van der Waals surface area (Å²) in [6.45, 7) is 0.0589. The minimum atomic E-state index is -4.78. The molecule has 0 spiro atoms. The molecule has 168 valence electrons. The molecule has 1 aliphatic rings. The molecule has 0 radical (unpaired) electrons. The first-order chi connectivity index (χ1) is 15.3. The Morgan fingerprint density at radius 1 is 1.25 bits per heavy atom. The van der Waals surface area contributed by atoms with Gasteiger partial charge >= 0.3 is 6.36 Å². The van der Waals surface area contributed by atoms with Crippen molar-refractivity contribution >= 4 is 23.7 Å². The number of rotatable bonds is 4. The van der Waals surface area contributed by atoms with E-state index in [0.29, 0.717) is 35.6 Å². The molecule has 0 aliphatic carbocycles.